The van der Waals surface area contributed by atoms with E-state index in [1.165, 1.54) is 10.6 Å². The summed E-state index contributed by atoms with van der Waals surface area (Å²) in [7, 11) is 0. The van der Waals surface area contributed by atoms with Gasteiger partial charge in [-0.15, -0.1) is 0 Å². The fourth-order valence-corrected chi connectivity index (χ4v) is 2.19. The quantitative estimate of drug-likeness (QED) is 0.829. The van der Waals surface area contributed by atoms with Crippen LogP contribution < -0.4 is 10.9 Å². The lowest BCUT2D eigenvalue weighted by molar-refractivity contribution is 0.0951. The van der Waals surface area contributed by atoms with E-state index in [0.29, 0.717) is 12.2 Å². The molecular weight excluding hydrogens is 266 g/mol. The molecule has 0 aromatic carbocycles. The molecule has 0 saturated carbocycles. The highest BCUT2D eigenvalue weighted by molar-refractivity contribution is 5.93. The molecule has 2 rings (SSSR count). The fourth-order valence-electron chi connectivity index (χ4n) is 2.19. The van der Waals surface area contributed by atoms with E-state index in [9.17, 15) is 9.59 Å². The van der Waals surface area contributed by atoms with E-state index in [0.717, 1.165) is 31.2 Å². The molecule has 2 aromatic rings. The van der Waals surface area contributed by atoms with Crippen molar-refractivity contribution in [2.75, 3.05) is 6.54 Å². The summed E-state index contributed by atoms with van der Waals surface area (Å²) >= 11 is 0. The van der Waals surface area contributed by atoms with Crippen LogP contribution in [0.5, 0.6) is 0 Å². The van der Waals surface area contributed by atoms with Crippen LogP contribution in [0.15, 0.2) is 29.3 Å². The zero-order chi connectivity index (χ0) is 15.2. The number of hydrogen-bond donors (Lipinski definition) is 1. The van der Waals surface area contributed by atoms with Gasteiger partial charge >= 0.3 is 0 Å². The summed E-state index contributed by atoms with van der Waals surface area (Å²) in [5, 5.41) is 2.79. The maximum Gasteiger partial charge on any atom is 0.270 e. The molecule has 0 atom stereocenters. The van der Waals surface area contributed by atoms with Crippen molar-refractivity contribution in [3.05, 3.63) is 46.0 Å². The molecule has 0 aliphatic heterocycles. The SMILES string of the molecule is CCCCCCNC(=O)c1cnc2ccc(C)cn2c1=O. The van der Waals surface area contributed by atoms with Crippen LogP contribution in [0.4, 0.5) is 0 Å². The van der Waals surface area contributed by atoms with Gasteiger partial charge in [-0.2, -0.15) is 0 Å². The molecule has 5 heteroatoms. The minimum absolute atomic E-state index is 0.0913. The third kappa shape index (κ3) is 3.68. The Morgan fingerprint density at radius 1 is 1.29 bits per heavy atom. The number of hydrogen-bond acceptors (Lipinski definition) is 3. The number of nitrogens with one attached hydrogen (secondary N) is 1. The Hall–Kier alpha value is -2.17. The number of carbonyl (C=O) groups excluding carboxylic acids is 1. The molecule has 2 heterocycles. The topological polar surface area (TPSA) is 63.5 Å². The summed E-state index contributed by atoms with van der Waals surface area (Å²) in [6.45, 7) is 4.63. The second-order valence-electron chi connectivity index (χ2n) is 5.23. The highest BCUT2D eigenvalue weighted by Crippen LogP contribution is 2.02. The van der Waals surface area contributed by atoms with Gasteiger partial charge in [0.2, 0.25) is 0 Å². The minimum Gasteiger partial charge on any atom is -0.352 e. The Labute approximate surface area is 124 Å². The van der Waals surface area contributed by atoms with Crippen LogP contribution in [-0.4, -0.2) is 21.8 Å². The molecule has 0 aliphatic carbocycles. The number of rotatable bonds is 6. The average Bonchev–Trinajstić information content (AvgIpc) is 2.48. The monoisotopic (exact) mass is 287 g/mol. The van der Waals surface area contributed by atoms with E-state index in [1.54, 1.807) is 12.3 Å². The molecule has 1 amide bonds. The highest BCUT2D eigenvalue weighted by atomic mass is 16.2. The van der Waals surface area contributed by atoms with Gasteiger partial charge in [-0.3, -0.25) is 14.0 Å². The second kappa shape index (κ2) is 7.02. The second-order valence-corrected chi connectivity index (χ2v) is 5.23. The summed E-state index contributed by atoms with van der Waals surface area (Å²) in [6, 6.07) is 3.65. The van der Waals surface area contributed by atoms with Crippen molar-refractivity contribution in [3.8, 4) is 0 Å². The Morgan fingerprint density at radius 2 is 2.10 bits per heavy atom. The van der Waals surface area contributed by atoms with Crippen LogP contribution in [0.25, 0.3) is 5.65 Å². The van der Waals surface area contributed by atoms with E-state index in [2.05, 4.69) is 17.2 Å². The fraction of sp³-hybridized carbons (Fsp3) is 0.438. The molecule has 0 unspecified atom stereocenters. The number of pyridine rings is 1. The van der Waals surface area contributed by atoms with Crippen LogP contribution >= 0.6 is 0 Å². The van der Waals surface area contributed by atoms with Crippen molar-refractivity contribution in [2.45, 2.75) is 39.5 Å². The molecular formula is C16H21N3O2. The molecule has 21 heavy (non-hydrogen) atoms. The third-order valence-electron chi connectivity index (χ3n) is 3.41. The maximum atomic E-state index is 12.3. The molecule has 5 nitrogen and oxygen atoms in total. The standard InChI is InChI=1S/C16H21N3O2/c1-3-4-5-6-9-17-15(20)13-10-18-14-8-7-12(2)11-19(14)16(13)21/h7-8,10-11H,3-6,9H2,1-2H3,(H,17,20). The number of fused-ring (bicyclic) bond motifs is 1. The summed E-state index contributed by atoms with van der Waals surface area (Å²) in [5.74, 6) is -0.347. The Bertz CT molecular complexity index is 691. The number of aryl methyl sites for hydroxylation is 1. The Kier molecular flexibility index (Phi) is 5.09. The molecule has 0 bridgehead atoms. The summed E-state index contributed by atoms with van der Waals surface area (Å²) in [6.07, 6.45) is 7.39. The van der Waals surface area contributed by atoms with Crippen molar-refractivity contribution in [1.29, 1.82) is 0 Å². The van der Waals surface area contributed by atoms with E-state index in [-0.39, 0.29) is 17.0 Å². The molecule has 2 aromatic heterocycles. The molecule has 0 saturated heterocycles. The first-order chi connectivity index (χ1) is 10.1. The van der Waals surface area contributed by atoms with Crippen LogP contribution in [0.1, 0.15) is 48.5 Å². The van der Waals surface area contributed by atoms with Gasteiger partial charge in [0.25, 0.3) is 11.5 Å². The van der Waals surface area contributed by atoms with E-state index in [1.807, 2.05) is 13.0 Å². The number of amides is 1. The lowest BCUT2D eigenvalue weighted by Gasteiger charge is -2.06. The number of nitrogens with zero attached hydrogens (tertiary/aromatic N) is 2. The van der Waals surface area contributed by atoms with Gasteiger partial charge in [-0.25, -0.2) is 4.98 Å². The van der Waals surface area contributed by atoms with E-state index in [4.69, 9.17) is 0 Å². The molecule has 0 fully saturated rings. The first-order valence-electron chi connectivity index (χ1n) is 7.39. The smallest absolute Gasteiger partial charge is 0.270 e. The number of carbonyl (C=O) groups is 1. The summed E-state index contributed by atoms with van der Waals surface area (Å²) in [5.41, 5.74) is 1.26. The summed E-state index contributed by atoms with van der Waals surface area (Å²) in [4.78, 5) is 28.5. The average molecular weight is 287 g/mol. The normalized spacial score (nSPS) is 10.8. The van der Waals surface area contributed by atoms with Gasteiger partial charge in [-0.1, -0.05) is 32.3 Å². The van der Waals surface area contributed by atoms with Gasteiger partial charge in [0, 0.05) is 18.9 Å². The number of unbranched alkanes of at least 4 members (excludes halogenated alkanes) is 3. The van der Waals surface area contributed by atoms with Crippen LogP contribution in [-0.2, 0) is 0 Å². The largest absolute Gasteiger partial charge is 0.352 e. The van der Waals surface area contributed by atoms with Gasteiger partial charge in [-0.05, 0) is 25.0 Å². The molecule has 0 spiro atoms. The van der Waals surface area contributed by atoms with Crippen molar-refractivity contribution in [3.63, 3.8) is 0 Å². The zero-order valence-electron chi connectivity index (χ0n) is 12.6. The van der Waals surface area contributed by atoms with Crippen molar-refractivity contribution in [2.24, 2.45) is 0 Å². The zero-order valence-corrected chi connectivity index (χ0v) is 12.6. The van der Waals surface area contributed by atoms with Crippen molar-refractivity contribution >= 4 is 11.6 Å². The number of aromatic nitrogens is 2. The van der Waals surface area contributed by atoms with Gasteiger partial charge in [0.05, 0.1) is 0 Å². The van der Waals surface area contributed by atoms with Gasteiger partial charge in [0.1, 0.15) is 11.2 Å². The van der Waals surface area contributed by atoms with Crippen LogP contribution in [0.3, 0.4) is 0 Å². The predicted molar refractivity (Wildman–Crippen MR) is 82.7 cm³/mol. The summed E-state index contributed by atoms with van der Waals surface area (Å²) < 4.78 is 1.42. The van der Waals surface area contributed by atoms with E-state index >= 15 is 0 Å². The highest BCUT2D eigenvalue weighted by Gasteiger charge is 2.12. The maximum absolute atomic E-state index is 12.3. The van der Waals surface area contributed by atoms with Gasteiger partial charge < -0.3 is 5.32 Å². The van der Waals surface area contributed by atoms with Crippen LogP contribution in [0, 0.1) is 6.92 Å². The minimum atomic E-state index is -0.347. The lowest BCUT2D eigenvalue weighted by atomic mass is 10.2. The first-order valence-corrected chi connectivity index (χ1v) is 7.39. The van der Waals surface area contributed by atoms with Crippen LogP contribution in [0.2, 0.25) is 0 Å². The Morgan fingerprint density at radius 3 is 2.86 bits per heavy atom. The molecule has 0 radical (unpaired) electrons. The van der Waals surface area contributed by atoms with Gasteiger partial charge in [0.15, 0.2) is 0 Å². The molecule has 0 aliphatic rings. The first kappa shape index (κ1) is 15.2. The lowest BCUT2D eigenvalue weighted by Crippen LogP contribution is -2.32. The third-order valence-corrected chi connectivity index (χ3v) is 3.41. The van der Waals surface area contributed by atoms with Crippen molar-refractivity contribution < 1.29 is 4.79 Å². The molecule has 112 valence electrons. The molecule has 1 N–H and O–H groups in total. The Balaban J connectivity index is 2.13. The van der Waals surface area contributed by atoms with Crippen molar-refractivity contribution in [1.82, 2.24) is 14.7 Å². The predicted octanol–water partition coefficient (Wildman–Crippen LogP) is 2.31. The van der Waals surface area contributed by atoms with E-state index < -0.39 is 0 Å².